The summed E-state index contributed by atoms with van der Waals surface area (Å²) in [4.78, 5) is 36.7. The van der Waals surface area contributed by atoms with Gasteiger partial charge < -0.3 is 24.1 Å². The van der Waals surface area contributed by atoms with Crippen LogP contribution in [0.4, 0.5) is 16.2 Å². The van der Waals surface area contributed by atoms with Crippen LogP contribution in [0.2, 0.25) is 0 Å². The third-order valence-electron chi connectivity index (χ3n) is 6.54. The molecule has 2 aromatic heterocycles. The molecule has 38 heavy (non-hydrogen) atoms. The normalized spacial score (nSPS) is 14.4. The number of hydrogen-bond donors (Lipinski definition) is 3. The highest BCUT2D eigenvalue weighted by Crippen LogP contribution is 2.49. The number of benzene rings is 2. The van der Waals surface area contributed by atoms with Gasteiger partial charge in [0.2, 0.25) is 0 Å². The second-order valence-electron chi connectivity index (χ2n) is 9.17. The number of aromatic nitrogens is 1. The zero-order chi connectivity index (χ0) is 26.9. The third-order valence-corrected chi connectivity index (χ3v) is 6.54. The monoisotopic (exact) mass is 515 g/mol. The van der Waals surface area contributed by atoms with Crippen molar-refractivity contribution in [3.63, 3.8) is 0 Å². The van der Waals surface area contributed by atoms with E-state index >= 15 is 0 Å². The Morgan fingerprint density at radius 3 is 2.42 bits per heavy atom. The number of aryl methyl sites for hydroxylation is 1. The summed E-state index contributed by atoms with van der Waals surface area (Å²) in [5.74, 6) is -0.762. The van der Waals surface area contributed by atoms with Crippen molar-refractivity contribution in [1.82, 2.24) is 5.16 Å². The lowest BCUT2D eigenvalue weighted by Crippen LogP contribution is -2.18. The van der Waals surface area contributed by atoms with Gasteiger partial charge in [-0.2, -0.15) is 0 Å². The number of carboxylic acids is 1. The van der Waals surface area contributed by atoms with E-state index in [4.69, 9.17) is 13.7 Å². The molecule has 0 unspecified atom stereocenters. The number of amides is 2. The van der Waals surface area contributed by atoms with Crippen molar-refractivity contribution in [3.05, 3.63) is 89.5 Å². The van der Waals surface area contributed by atoms with Crippen molar-refractivity contribution in [2.45, 2.75) is 38.2 Å². The minimum Gasteiger partial charge on any atom is -0.480 e. The molecule has 4 aromatic rings. The summed E-state index contributed by atoms with van der Waals surface area (Å²) < 4.78 is 16.3. The van der Waals surface area contributed by atoms with Gasteiger partial charge in [0.1, 0.15) is 34.9 Å². The van der Waals surface area contributed by atoms with Gasteiger partial charge in [0, 0.05) is 11.3 Å². The molecule has 0 aliphatic heterocycles. The van der Waals surface area contributed by atoms with Crippen molar-refractivity contribution in [2.24, 2.45) is 0 Å². The number of anilines is 2. The van der Waals surface area contributed by atoms with E-state index < -0.39 is 29.5 Å². The second-order valence-corrected chi connectivity index (χ2v) is 9.17. The SMILES string of the molecule is Cc1noc(-c2ccc(NC(=O)c3coc(C4(C(=O)O)CC4)c3)cc2)c1NC(=O)O[C@H](C)c1ccccc1. The molecular formula is C28H25N3O7. The van der Waals surface area contributed by atoms with Gasteiger partial charge >= 0.3 is 12.1 Å². The molecule has 1 aliphatic rings. The van der Waals surface area contributed by atoms with E-state index in [0.29, 0.717) is 41.2 Å². The van der Waals surface area contributed by atoms with Crippen LogP contribution in [-0.2, 0) is 14.9 Å². The van der Waals surface area contributed by atoms with Gasteiger partial charge in [-0.15, -0.1) is 0 Å². The Balaban J connectivity index is 1.24. The summed E-state index contributed by atoms with van der Waals surface area (Å²) in [6.07, 6.45) is 1.14. The number of furan rings is 1. The zero-order valence-corrected chi connectivity index (χ0v) is 20.7. The van der Waals surface area contributed by atoms with E-state index in [1.807, 2.05) is 30.3 Å². The minimum absolute atomic E-state index is 0.234. The number of carbonyl (C=O) groups is 3. The van der Waals surface area contributed by atoms with E-state index in [1.54, 1.807) is 38.1 Å². The molecule has 1 fully saturated rings. The van der Waals surface area contributed by atoms with Crippen LogP contribution in [0.3, 0.4) is 0 Å². The van der Waals surface area contributed by atoms with E-state index in [2.05, 4.69) is 15.8 Å². The number of nitrogens with one attached hydrogen (secondary N) is 2. The molecule has 1 atom stereocenters. The van der Waals surface area contributed by atoms with Crippen molar-refractivity contribution in [2.75, 3.05) is 10.6 Å². The van der Waals surface area contributed by atoms with Crippen molar-refractivity contribution >= 4 is 29.3 Å². The molecule has 0 saturated heterocycles. The maximum Gasteiger partial charge on any atom is 0.412 e. The van der Waals surface area contributed by atoms with Crippen molar-refractivity contribution in [3.8, 4) is 11.3 Å². The van der Waals surface area contributed by atoms with E-state index in [-0.39, 0.29) is 11.3 Å². The largest absolute Gasteiger partial charge is 0.480 e. The molecule has 2 aromatic carbocycles. The van der Waals surface area contributed by atoms with Crippen LogP contribution in [-0.4, -0.2) is 28.2 Å². The molecule has 10 heteroatoms. The lowest BCUT2D eigenvalue weighted by molar-refractivity contribution is -0.140. The van der Waals surface area contributed by atoms with Crippen LogP contribution in [0.25, 0.3) is 11.3 Å². The van der Waals surface area contributed by atoms with Crippen LogP contribution in [0.5, 0.6) is 0 Å². The summed E-state index contributed by atoms with van der Waals surface area (Å²) in [6, 6.07) is 17.6. The van der Waals surface area contributed by atoms with Crippen LogP contribution >= 0.6 is 0 Å². The van der Waals surface area contributed by atoms with Gasteiger partial charge in [-0.05, 0) is 62.6 Å². The Morgan fingerprint density at radius 2 is 1.76 bits per heavy atom. The minimum atomic E-state index is -1.02. The van der Waals surface area contributed by atoms with E-state index in [1.165, 1.54) is 12.3 Å². The standard InChI is InChI=1S/C28H25N3O7/c1-16-23(30-27(35)37-17(2)18-6-4-3-5-7-18)24(38-31-16)19-8-10-21(11-9-19)29-25(32)20-14-22(36-15-20)28(12-13-28)26(33)34/h3-11,14-15,17H,12-13H2,1-2H3,(H,29,32)(H,30,35)(H,33,34)/t17-/m1/s1. The summed E-state index contributed by atoms with van der Waals surface area (Å²) in [5, 5.41) is 18.9. The average molecular weight is 516 g/mol. The van der Waals surface area contributed by atoms with Gasteiger partial charge in [0.05, 0.1) is 5.56 Å². The molecule has 1 saturated carbocycles. The van der Waals surface area contributed by atoms with Gasteiger partial charge in [-0.25, -0.2) is 4.79 Å². The maximum absolute atomic E-state index is 12.7. The first kappa shape index (κ1) is 24.8. The molecule has 10 nitrogen and oxygen atoms in total. The fourth-order valence-corrected chi connectivity index (χ4v) is 4.10. The molecule has 2 amide bonds. The van der Waals surface area contributed by atoms with Gasteiger partial charge in [-0.3, -0.25) is 14.9 Å². The highest BCUT2D eigenvalue weighted by Gasteiger charge is 2.54. The molecule has 0 radical (unpaired) electrons. The number of nitrogens with zero attached hydrogens (tertiary/aromatic N) is 1. The second kappa shape index (κ2) is 9.89. The number of aliphatic carboxylic acids is 1. The van der Waals surface area contributed by atoms with Crippen LogP contribution < -0.4 is 10.6 Å². The summed E-state index contributed by atoms with van der Waals surface area (Å²) >= 11 is 0. The number of carboxylic acid groups (broad SMARTS) is 1. The number of ether oxygens (including phenoxy) is 1. The molecule has 1 aliphatic carbocycles. The van der Waals surface area contributed by atoms with Gasteiger partial charge in [0.15, 0.2) is 5.76 Å². The topological polar surface area (TPSA) is 144 Å². The van der Waals surface area contributed by atoms with Crippen molar-refractivity contribution in [1.29, 1.82) is 0 Å². The molecule has 0 bridgehead atoms. The predicted octanol–water partition coefficient (Wildman–Crippen LogP) is 5.92. The maximum atomic E-state index is 12.7. The molecule has 2 heterocycles. The lowest BCUT2D eigenvalue weighted by Gasteiger charge is -2.14. The quantitative estimate of drug-likeness (QED) is 0.262. The first-order valence-corrected chi connectivity index (χ1v) is 12.0. The zero-order valence-electron chi connectivity index (χ0n) is 20.7. The molecule has 5 rings (SSSR count). The first-order valence-electron chi connectivity index (χ1n) is 12.0. The molecule has 0 spiro atoms. The fourth-order valence-electron chi connectivity index (χ4n) is 4.10. The van der Waals surface area contributed by atoms with Crippen LogP contribution in [0, 0.1) is 6.92 Å². The average Bonchev–Trinajstić information content (AvgIpc) is 3.44. The number of rotatable bonds is 8. The van der Waals surface area contributed by atoms with Gasteiger partial charge in [0.25, 0.3) is 5.91 Å². The third kappa shape index (κ3) is 4.88. The molecule has 194 valence electrons. The van der Waals surface area contributed by atoms with Crippen LogP contribution in [0.1, 0.15) is 53.2 Å². The van der Waals surface area contributed by atoms with E-state index in [0.717, 1.165) is 5.56 Å². The van der Waals surface area contributed by atoms with Crippen LogP contribution in [0.15, 0.2) is 75.9 Å². The fraction of sp³-hybridized carbons (Fsp3) is 0.214. The molecular weight excluding hydrogens is 490 g/mol. The predicted molar refractivity (Wildman–Crippen MR) is 137 cm³/mol. The van der Waals surface area contributed by atoms with Crippen molar-refractivity contribution < 1.29 is 33.2 Å². The Labute approximate surface area is 217 Å². The summed E-state index contributed by atoms with van der Waals surface area (Å²) in [7, 11) is 0. The van der Waals surface area contributed by atoms with Gasteiger partial charge in [-0.1, -0.05) is 35.5 Å². The number of carbonyl (C=O) groups excluding carboxylic acids is 2. The Bertz CT molecular complexity index is 1480. The Hall–Kier alpha value is -4.86. The summed E-state index contributed by atoms with van der Waals surface area (Å²) in [5.41, 5.74) is 2.06. The first-order chi connectivity index (χ1) is 18.3. The Kier molecular flexibility index (Phi) is 6.46. The Morgan fingerprint density at radius 1 is 1.05 bits per heavy atom. The lowest BCUT2D eigenvalue weighted by atomic mass is 10.0. The highest BCUT2D eigenvalue weighted by molar-refractivity contribution is 6.04. The highest BCUT2D eigenvalue weighted by atomic mass is 16.6. The molecule has 3 N–H and O–H groups in total. The smallest absolute Gasteiger partial charge is 0.412 e. The summed E-state index contributed by atoms with van der Waals surface area (Å²) in [6.45, 7) is 3.48. The number of hydrogen-bond acceptors (Lipinski definition) is 7. The van der Waals surface area contributed by atoms with E-state index in [9.17, 15) is 19.5 Å².